The van der Waals surface area contributed by atoms with Crippen LogP contribution < -0.4 is 4.90 Å². The molecule has 0 spiro atoms. The van der Waals surface area contributed by atoms with Crippen LogP contribution in [0.25, 0.3) is 5.65 Å². The Morgan fingerprint density at radius 1 is 1.38 bits per heavy atom. The first-order chi connectivity index (χ1) is 6.20. The summed E-state index contributed by atoms with van der Waals surface area (Å²) >= 11 is 0. The Hall–Kier alpha value is -1.58. The van der Waals surface area contributed by atoms with Gasteiger partial charge in [-0.05, 0) is 13.0 Å². The first kappa shape index (κ1) is 8.04. The molecule has 0 bridgehead atoms. The lowest BCUT2D eigenvalue weighted by atomic mass is 10.4. The molecule has 13 heavy (non-hydrogen) atoms. The fourth-order valence-electron chi connectivity index (χ4n) is 1.33. The van der Waals surface area contributed by atoms with Gasteiger partial charge in [0.25, 0.3) is 0 Å². The fraction of sp³-hybridized carbons (Fsp3) is 0.333. The maximum atomic E-state index is 4.26. The predicted octanol–water partition coefficient (Wildman–Crippen LogP) is 1.10. The highest BCUT2D eigenvalue weighted by atomic mass is 15.3. The van der Waals surface area contributed by atoms with Gasteiger partial charge < -0.3 is 4.90 Å². The molecule has 2 aromatic heterocycles. The molecule has 0 saturated heterocycles. The highest BCUT2D eigenvalue weighted by Gasteiger charge is 2.05. The van der Waals surface area contributed by atoms with E-state index in [1.54, 1.807) is 6.20 Å². The number of nitrogens with zero attached hydrogens (tertiary/aromatic N) is 4. The molecule has 0 amide bonds. The van der Waals surface area contributed by atoms with E-state index in [2.05, 4.69) is 10.1 Å². The van der Waals surface area contributed by atoms with E-state index in [1.165, 1.54) is 0 Å². The first-order valence-electron chi connectivity index (χ1n) is 4.17. The number of fused-ring (bicyclic) bond motifs is 1. The lowest BCUT2D eigenvalue weighted by Gasteiger charge is -2.12. The van der Waals surface area contributed by atoms with E-state index < -0.39 is 0 Å². The van der Waals surface area contributed by atoms with Gasteiger partial charge >= 0.3 is 0 Å². The van der Waals surface area contributed by atoms with Crippen LogP contribution in [0.5, 0.6) is 0 Å². The Kier molecular flexibility index (Phi) is 1.69. The van der Waals surface area contributed by atoms with Crippen molar-refractivity contribution in [3.8, 4) is 0 Å². The van der Waals surface area contributed by atoms with Gasteiger partial charge in [0, 0.05) is 25.9 Å². The van der Waals surface area contributed by atoms with Gasteiger partial charge in [0.15, 0.2) is 5.65 Å². The van der Waals surface area contributed by atoms with Crippen molar-refractivity contribution in [1.82, 2.24) is 14.6 Å². The summed E-state index contributed by atoms with van der Waals surface area (Å²) in [7, 11) is 3.98. The summed E-state index contributed by atoms with van der Waals surface area (Å²) < 4.78 is 1.84. The molecule has 0 fully saturated rings. The number of hydrogen-bond acceptors (Lipinski definition) is 3. The molecule has 2 heterocycles. The van der Waals surface area contributed by atoms with Crippen molar-refractivity contribution in [2.45, 2.75) is 6.92 Å². The van der Waals surface area contributed by atoms with Crippen molar-refractivity contribution >= 4 is 11.5 Å². The van der Waals surface area contributed by atoms with Gasteiger partial charge in [-0.2, -0.15) is 9.61 Å². The monoisotopic (exact) mass is 176 g/mol. The zero-order valence-corrected chi connectivity index (χ0v) is 8.02. The summed E-state index contributed by atoms with van der Waals surface area (Å²) in [5.74, 6) is 1.04. The normalized spacial score (nSPS) is 10.7. The largest absolute Gasteiger partial charge is 0.363 e. The van der Waals surface area contributed by atoms with Crippen molar-refractivity contribution in [1.29, 1.82) is 0 Å². The molecule has 0 saturated carbocycles. The van der Waals surface area contributed by atoms with Gasteiger partial charge in [0.1, 0.15) is 5.82 Å². The van der Waals surface area contributed by atoms with Gasteiger partial charge in [0.05, 0.1) is 6.20 Å². The fourth-order valence-corrected chi connectivity index (χ4v) is 1.33. The predicted molar refractivity (Wildman–Crippen MR) is 52.1 cm³/mol. The van der Waals surface area contributed by atoms with Crippen molar-refractivity contribution in [2.24, 2.45) is 0 Å². The second-order valence-electron chi connectivity index (χ2n) is 3.26. The number of aryl methyl sites for hydroxylation is 1. The molecule has 0 aliphatic heterocycles. The topological polar surface area (TPSA) is 33.4 Å². The lowest BCUT2D eigenvalue weighted by molar-refractivity contribution is 0.896. The summed E-state index contributed by atoms with van der Waals surface area (Å²) in [6.07, 6.45) is 3.63. The maximum absolute atomic E-state index is 4.26. The maximum Gasteiger partial charge on any atom is 0.160 e. The molecule has 4 nitrogen and oxygen atoms in total. The minimum atomic E-state index is 0.922. The third-order valence-corrected chi connectivity index (χ3v) is 2.02. The second-order valence-corrected chi connectivity index (χ2v) is 3.26. The van der Waals surface area contributed by atoms with Gasteiger partial charge in [-0.25, -0.2) is 4.98 Å². The van der Waals surface area contributed by atoms with Gasteiger partial charge in [-0.3, -0.25) is 0 Å². The molecule has 2 aromatic rings. The third kappa shape index (κ3) is 1.14. The Morgan fingerprint density at radius 2 is 2.15 bits per heavy atom. The Bertz CT molecular complexity index is 430. The van der Waals surface area contributed by atoms with Crippen LogP contribution in [-0.4, -0.2) is 28.7 Å². The molecule has 0 unspecified atom stereocenters. The molecule has 0 aliphatic carbocycles. The molecular formula is C9H12N4. The van der Waals surface area contributed by atoms with Crippen LogP contribution in [0.15, 0.2) is 18.5 Å². The molecular weight excluding hydrogens is 164 g/mol. The SMILES string of the molecule is Cc1cnn2c(N(C)C)ccnc12. The van der Waals surface area contributed by atoms with Crippen molar-refractivity contribution in [3.05, 3.63) is 24.0 Å². The van der Waals surface area contributed by atoms with Gasteiger partial charge in [-0.15, -0.1) is 0 Å². The quantitative estimate of drug-likeness (QED) is 0.652. The lowest BCUT2D eigenvalue weighted by Crippen LogP contribution is -2.13. The minimum absolute atomic E-state index is 0.922. The summed E-state index contributed by atoms with van der Waals surface area (Å²) in [5.41, 5.74) is 2.02. The molecule has 0 aliphatic rings. The average Bonchev–Trinajstić information content (AvgIpc) is 2.48. The summed E-state index contributed by atoms with van der Waals surface area (Å²) in [5, 5.41) is 4.25. The van der Waals surface area contributed by atoms with E-state index in [9.17, 15) is 0 Å². The van der Waals surface area contributed by atoms with E-state index in [1.807, 2.05) is 42.7 Å². The zero-order chi connectivity index (χ0) is 9.42. The highest BCUT2D eigenvalue weighted by molar-refractivity contribution is 5.52. The van der Waals surface area contributed by atoms with E-state index in [4.69, 9.17) is 0 Å². The van der Waals surface area contributed by atoms with Crippen LogP contribution in [-0.2, 0) is 0 Å². The van der Waals surface area contributed by atoms with Gasteiger partial charge in [0.2, 0.25) is 0 Å². The van der Waals surface area contributed by atoms with E-state index >= 15 is 0 Å². The van der Waals surface area contributed by atoms with E-state index in [-0.39, 0.29) is 0 Å². The Morgan fingerprint density at radius 3 is 2.85 bits per heavy atom. The Balaban J connectivity index is 2.77. The summed E-state index contributed by atoms with van der Waals surface area (Å²) in [6, 6.07) is 1.94. The molecule has 68 valence electrons. The van der Waals surface area contributed by atoms with E-state index in [0.29, 0.717) is 0 Å². The number of anilines is 1. The third-order valence-electron chi connectivity index (χ3n) is 2.02. The van der Waals surface area contributed by atoms with Crippen LogP contribution in [0.3, 0.4) is 0 Å². The van der Waals surface area contributed by atoms with Crippen LogP contribution >= 0.6 is 0 Å². The summed E-state index contributed by atoms with van der Waals surface area (Å²) in [4.78, 5) is 6.27. The molecule has 4 heteroatoms. The van der Waals surface area contributed by atoms with Crippen LogP contribution in [0, 0.1) is 6.92 Å². The zero-order valence-electron chi connectivity index (χ0n) is 8.02. The number of rotatable bonds is 1. The molecule has 2 rings (SSSR count). The second kappa shape index (κ2) is 2.73. The Labute approximate surface area is 76.8 Å². The van der Waals surface area contributed by atoms with Crippen molar-refractivity contribution < 1.29 is 0 Å². The van der Waals surface area contributed by atoms with Crippen LogP contribution in [0.4, 0.5) is 5.82 Å². The summed E-state index contributed by atoms with van der Waals surface area (Å²) in [6.45, 7) is 2.01. The smallest absolute Gasteiger partial charge is 0.160 e. The molecule has 0 atom stereocenters. The highest BCUT2D eigenvalue weighted by Crippen LogP contribution is 2.13. The average molecular weight is 176 g/mol. The first-order valence-corrected chi connectivity index (χ1v) is 4.17. The standard InChI is InChI=1S/C9H12N4/c1-7-6-11-13-8(12(2)3)4-5-10-9(7)13/h4-6H,1-3H3. The van der Waals surface area contributed by atoms with Crippen LogP contribution in [0.1, 0.15) is 5.56 Å². The van der Waals surface area contributed by atoms with Crippen molar-refractivity contribution in [2.75, 3.05) is 19.0 Å². The molecule has 0 radical (unpaired) electrons. The van der Waals surface area contributed by atoms with E-state index in [0.717, 1.165) is 17.0 Å². The number of aromatic nitrogens is 3. The number of hydrogen-bond donors (Lipinski definition) is 0. The molecule has 0 N–H and O–H groups in total. The van der Waals surface area contributed by atoms with Crippen molar-refractivity contribution in [3.63, 3.8) is 0 Å². The van der Waals surface area contributed by atoms with Crippen LogP contribution in [0.2, 0.25) is 0 Å². The van der Waals surface area contributed by atoms with Gasteiger partial charge in [-0.1, -0.05) is 0 Å². The minimum Gasteiger partial charge on any atom is -0.363 e. The molecule has 0 aromatic carbocycles.